The van der Waals surface area contributed by atoms with Gasteiger partial charge in [-0.1, -0.05) is 0 Å². The Hall–Kier alpha value is -0.680. The Bertz CT molecular complexity index is 301. The van der Waals surface area contributed by atoms with Crippen LogP contribution in [0.5, 0.6) is 0 Å². The summed E-state index contributed by atoms with van der Waals surface area (Å²) in [6, 6.07) is 0. The molecule has 1 heterocycles. The van der Waals surface area contributed by atoms with Crippen LogP contribution in [-0.4, -0.2) is 18.4 Å². The lowest BCUT2D eigenvalue weighted by atomic mass is 10.4. The molecule has 0 unspecified atom stereocenters. The third-order valence-electron chi connectivity index (χ3n) is 0.985. The minimum absolute atomic E-state index is 0.0352. The largest absolute Gasteiger partial charge is 0.232 e. The molecule has 0 spiro atoms. The number of hydrogen-bond acceptors (Lipinski definition) is 4. The second kappa shape index (κ2) is 3.64. The van der Waals surface area contributed by atoms with Gasteiger partial charge in [-0.2, -0.15) is 0 Å². The van der Waals surface area contributed by atoms with Gasteiger partial charge in [-0.3, -0.25) is 0 Å². The van der Waals surface area contributed by atoms with Crippen molar-refractivity contribution < 1.29 is 8.42 Å². The molecule has 1 aromatic heterocycles. The minimum atomic E-state index is -2.41. The molecule has 0 aliphatic carbocycles. The maximum Gasteiger partial charge on any atom is 0.222 e. The highest BCUT2D eigenvalue weighted by Crippen LogP contribution is 2.00. The van der Waals surface area contributed by atoms with Gasteiger partial charge in [-0.25, -0.2) is 18.4 Å². The van der Waals surface area contributed by atoms with E-state index in [2.05, 4.69) is 9.97 Å². The van der Waals surface area contributed by atoms with E-state index < -0.39 is 10.7 Å². The molecule has 0 saturated carbocycles. The molecule has 0 aliphatic heterocycles. The summed E-state index contributed by atoms with van der Waals surface area (Å²) >= 11 is 5.38. The normalized spacial score (nSPS) is 10.4. The van der Waals surface area contributed by atoms with Crippen LogP contribution in [0, 0.1) is 0 Å². The van der Waals surface area contributed by atoms with Crippen molar-refractivity contribution in [1.29, 1.82) is 0 Å². The summed E-state index contributed by atoms with van der Waals surface area (Å²) in [5.41, 5.74) is 0.547. The van der Waals surface area contributed by atoms with E-state index in [0.29, 0.717) is 5.56 Å². The van der Waals surface area contributed by atoms with Gasteiger partial charge < -0.3 is 0 Å². The van der Waals surface area contributed by atoms with Gasteiger partial charge in [0, 0.05) is 18.0 Å². The van der Waals surface area contributed by atoms with Gasteiger partial charge in [-0.15, -0.1) is 0 Å². The first kappa shape index (κ1) is 8.42. The smallest absolute Gasteiger partial charge is 0.222 e. The molecule has 1 aromatic rings. The lowest BCUT2D eigenvalue weighted by Crippen LogP contribution is -1.90. The molecule has 0 fully saturated rings. The molecule has 0 saturated heterocycles. The van der Waals surface area contributed by atoms with Crippen LogP contribution in [-0.2, 0) is 16.5 Å². The Morgan fingerprint density at radius 1 is 1.36 bits per heavy atom. The quantitative estimate of drug-likeness (QED) is 0.539. The highest BCUT2D eigenvalue weighted by molar-refractivity contribution is 7.71. The first-order chi connectivity index (χ1) is 5.18. The van der Waals surface area contributed by atoms with Crippen LogP contribution in [0.4, 0.5) is 0 Å². The number of thiol groups is 1. The van der Waals surface area contributed by atoms with E-state index in [0.717, 1.165) is 0 Å². The average Bonchev–Trinajstić information content (AvgIpc) is 1.93. The third kappa shape index (κ3) is 2.81. The summed E-state index contributed by atoms with van der Waals surface area (Å²) in [7, 11) is -2.41. The Morgan fingerprint density at radius 2 is 1.91 bits per heavy atom. The second-order valence-electron chi connectivity index (χ2n) is 1.85. The summed E-state index contributed by atoms with van der Waals surface area (Å²) in [5, 5.41) is 0.120. The van der Waals surface area contributed by atoms with E-state index in [-0.39, 0.29) is 11.0 Å². The SMILES string of the molecule is O=[SH](=O)Cc1cnc(Cl)nc1. The Kier molecular flexibility index (Phi) is 2.78. The van der Waals surface area contributed by atoms with E-state index in [4.69, 9.17) is 11.6 Å². The van der Waals surface area contributed by atoms with Crippen molar-refractivity contribution in [2.45, 2.75) is 5.75 Å². The molecular formula is C5H5ClN2O2S. The van der Waals surface area contributed by atoms with Crippen molar-refractivity contribution >= 4 is 22.3 Å². The van der Waals surface area contributed by atoms with Gasteiger partial charge in [-0.05, 0) is 11.6 Å². The molecule has 4 nitrogen and oxygen atoms in total. The zero-order valence-electron chi connectivity index (χ0n) is 5.40. The first-order valence-electron chi connectivity index (χ1n) is 2.76. The Balaban J connectivity index is 2.82. The van der Waals surface area contributed by atoms with E-state index in [1.165, 1.54) is 12.4 Å². The lowest BCUT2D eigenvalue weighted by molar-refractivity contribution is 0.613. The van der Waals surface area contributed by atoms with Crippen LogP contribution in [0.25, 0.3) is 0 Å². The van der Waals surface area contributed by atoms with Crippen LogP contribution in [0.3, 0.4) is 0 Å². The molecule has 6 heteroatoms. The molecule has 0 radical (unpaired) electrons. The third-order valence-corrected chi connectivity index (χ3v) is 1.80. The number of halogens is 1. The fraction of sp³-hybridized carbons (Fsp3) is 0.200. The standard InChI is InChI=1S/C5H5ClN2O2S/c6-5-7-1-4(2-8-5)3-11(9)10/h1-2,11H,3H2. The van der Waals surface area contributed by atoms with E-state index >= 15 is 0 Å². The Morgan fingerprint density at radius 3 is 2.36 bits per heavy atom. The van der Waals surface area contributed by atoms with Crippen LogP contribution >= 0.6 is 11.6 Å². The number of nitrogens with zero attached hydrogens (tertiary/aromatic N) is 2. The van der Waals surface area contributed by atoms with E-state index in [1.807, 2.05) is 0 Å². The van der Waals surface area contributed by atoms with Crippen molar-refractivity contribution in [3.05, 3.63) is 23.2 Å². The summed E-state index contributed by atoms with van der Waals surface area (Å²) in [6.45, 7) is 0. The number of hydrogen-bond donors (Lipinski definition) is 1. The van der Waals surface area contributed by atoms with Gasteiger partial charge in [0.1, 0.15) is 10.7 Å². The highest BCUT2D eigenvalue weighted by atomic mass is 35.5. The summed E-state index contributed by atoms with van der Waals surface area (Å²) in [5.74, 6) is -0.0352. The molecule has 0 atom stereocenters. The monoisotopic (exact) mass is 192 g/mol. The molecule has 60 valence electrons. The van der Waals surface area contributed by atoms with Crippen LogP contribution < -0.4 is 0 Å². The van der Waals surface area contributed by atoms with Crippen molar-refractivity contribution in [3.8, 4) is 0 Å². The Labute approximate surface area is 70.2 Å². The zero-order valence-corrected chi connectivity index (χ0v) is 7.05. The lowest BCUT2D eigenvalue weighted by Gasteiger charge is -1.91. The van der Waals surface area contributed by atoms with Gasteiger partial charge in [0.15, 0.2) is 0 Å². The first-order valence-corrected chi connectivity index (χ1v) is 4.51. The second-order valence-corrected chi connectivity index (χ2v) is 3.17. The molecular weight excluding hydrogens is 188 g/mol. The average molecular weight is 193 g/mol. The maximum absolute atomic E-state index is 10.2. The summed E-state index contributed by atoms with van der Waals surface area (Å²) < 4.78 is 20.4. The topological polar surface area (TPSA) is 59.9 Å². The van der Waals surface area contributed by atoms with Gasteiger partial charge in [0.05, 0.1) is 5.75 Å². The molecule has 1 rings (SSSR count). The summed E-state index contributed by atoms with van der Waals surface area (Å²) in [4.78, 5) is 7.24. The van der Waals surface area contributed by atoms with Gasteiger partial charge in [0.25, 0.3) is 0 Å². The number of rotatable bonds is 2. The predicted molar refractivity (Wildman–Crippen MR) is 41.1 cm³/mol. The highest BCUT2D eigenvalue weighted by Gasteiger charge is 1.95. The van der Waals surface area contributed by atoms with Crippen molar-refractivity contribution in [2.75, 3.05) is 0 Å². The molecule has 0 aromatic carbocycles. The van der Waals surface area contributed by atoms with E-state index in [1.54, 1.807) is 0 Å². The molecule has 0 bridgehead atoms. The predicted octanol–water partition coefficient (Wildman–Crippen LogP) is 0.241. The summed E-state index contributed by atoms with van der Waals surface area (Å²) in [6.07, 6.45) is 2.78. The molecule has 11 heavy (non-hydrogen) atoms. The van der Waals surface area contributed by atoms with E-state index in [9.17, 15) is 8.42 Å². The molecule has 0 aliphatic rings. The van der Waals surface area contributed by atoms with Crippen LogP contribution in [0.1, 0.15) is 5.56 Å². The van der Waals surface area contributed by atoms with Gasteiger partial charge >= 0.3 is 0 Å². The minimum Gasteiger partial charge on any atom is -0.232 e. The zero-order chi connectivity index (χ0) is 8.27. The maximum atomic E-state index is 10.2. The van der Waals surface area contributed by atoms with Crippen molar-refractivity contribution in [3.63, 3.8) is 0 Å². The van der Waals surface area contributed by atoms with Crippen molar-refractivity contribution in [1.82, 2.24) is 9.97 Å². The number of aromatic nitrogens is 2. The van der Waals surface area contributed by atoms with Crippen LogP contribution in [0.15, 0.2) is 12.4 Å². The van der Waals surface area contributed by atoms with Crippen LogP contribution in [0.2, 0.25) is 5.28 Å². The molecule has 0 N–H and O–H groups in total. The fourth-order valence-corrected chi connectivity index (χ4v) is 1.13. The fourth-order valence-electron chi connectivity index (χ4n) is 0.570. The van der Waals surface area contributed by atoms with Gasteiger partial charge in [0.2, 0.25) is 5.28 Å². The van der Waals surface area contributed by atoms with Crippen molar-refractivity contribution in [2.24, 2.45) is 0 Å². The molecule has 0 amide bonds.